The summed E-state index contributed by atoms with van der Waals surface area (Å²) < 4.78 is 42.3. The number of nitrogens with zero attached hydrogens (tertiary/aromatic N) is 3. The first-order valence-electron chi connectivity index (χ1n) is 10.1. The Kier molecular flexibility index (Phi) is 4.35. The Balaban J connectivity index is 1.62. The van der Waals surface area contributed by atoms with Crippen molar-refractivity contribution < 1.29 is 18.0 Å². The van der Waals surface area contributed by atoms with E-state index in [1.54, 1.807) is 29.3 Å². The van der Waals surface area contributed by atoms with Crippen LogP contribution < -0.4 is 16.0 Å². The number of benzene rings is 1. The Labute approximate surface area is 175 Å². The van der Waals surface area contributed by atoms with Crippen molar-refractivity contribution in [1.82, 2.24) is 20.5 Å². The molecule has 0 atom stereocenters. The van der Waals surface area contributed by atoms with Crippen LogP contribution in [-0.2, 0) is 11.0 Å². The van der Waals surface area contributed by atoms with Gasteiger partial charge in [-0.25, -0.2) is 4.98 Å². The van der Waals surface area contributed by atoms with Crippen LogP contribution in [0.15, 0.2) is 30.6 Å². The average Bonchev–Trinajstić information content (AvgIpc) is 3.34. The quantitative estimate of drug-likeness (QED) is 0.579. The van der Waals surface area contributed by atoms with Gasteiger partial charge < -0.3 is 16.0 Å². The van der Waals surface area contributed by atoms with E-state index >= 15 is 0 Å². The van der Waals surface area contributed by atoms with E-state index in [-0.39, 0.29) is 11.6 Å². The first-order chi connectivity index (χ1) is 14.8. The minimum absolute atomic E-state index is 0.00284. The molecule has 4 N–H and O–H groups in total. The van der Waals surface area contributed by atoms with E-state index in [4.69, 9.17) is 5.73 Å². The normalized spacial score (nSPS) is 18.7. The van der Waals surface area contributed by atoms with Gasteiger partial charge in [0.15, 0.2) is 0 Å². The lowest BCUT2D eigenvalue weighted by atomic mass is 9.77. The number of nitrogens with one attached hydrogen (secondary N) is 2. The van der Waals surface area contributed by atoms with E-state index in [2.05, 4.69) is 20.5 Å². The molecule has 1 spiro atoms. The molecule has 162 valence electrons. The highest BCUT2D eigenvalue weighted by Gasteiger charge is 2.46. The fourth-order valence-corrected chi connectivity index (χ4v) is 4.80. The number of fused-ring (bicyclic) bond motifs is 1. The maximum Gasteiger partial charge on any atom is 0.421 e. The summed E-state index contributed by atoms with van der Waals surface area (Å²) in [6, 6.07) is 5.30. The number of carbonyl (C=O) groups is 1. The third kappa shape index (κ3) is 3.17. The molecule has 1 aromatic carbocycles. The molecule has 0 saturated carbocycles. The second kappa shape index (κ2) is 6.86. The summed E-state index contributed by atoms with van der Waals surface area (Å²) in [5.41, 5.74) is 6.10. The lowest BCUT2D eigenvalue weighted by Gasteiger charge is -2.40. The van der Waals surface area contributed by atoms with Gasteiger partial charge in [0.2, 0.25) is 5.91 Å². The SMILES string of the molecule is Nc1ncc(-c2ccc3[nH]ncc3c2)c(N2CCC3(CCNC3=O)CC2)c1C(F)(F)F. The van der Waals surface area contributed by atoms with E-state index in [1.807, 2.05) is 0 Å². The fraction of sp³-hybridized carbons (Fsp3) is 0.381. The zero-order chi connectivity index (χ0) is 21.8. The number of carbonyl (C=O) groups excluding carboxylic acids is 1. The Morgan fingerprint density at radius 3 is 2.58 bits per heavy atom. The summed E-state index contributed by atoms with van der Waals surface area (Å²) in [7, 11) is 0. The predicted molar refractivity (Wildman–Crippen MR) is 110 cm³/mol. The Morgan fingerprint density at radius 2 is 1.90 bits per heavy atom. The molecule has 3 aromatic rings. The summed E-state index contributed by atoms with van der Waals surface area (Å²) in [6.45, 7) is 1.28. The second-order valence-corrected chi connectivity index (χ2v) is 8.22. The topological polar surface area (TPSA) is 99.9 Å². The lowest BCUT2D eigenvalue weighted by Crippen LogP contribution is -2.44. The molecule has 2 saturated heterocycles. The summed E-state index contributed by atoms with van der Waals surface area (Å²) in [4.78, 5) is 17.9. The van der Waals surface area contributed by atoms with Crippen LogP contribution in [0.3, 0.4) is 0 Å². The average molecular weight is 430 g/mol. The molecule has 5 rings (SSSR count). The Morgan fingerprint density at radius 1 is 1.13 bits per heavy atom. The standard InChI is InChI=1S/C21H21F3N6O/c22-21(23,24)16-17(30-7-4-20(5-8-30)3-6-26-19(20)31)14(11-27-18(16)25)12-1-2-15-13(9-12)10-28-29-15/h1-2,9-11H,3-8H2,(H2,25,27)(H,26,31)(H,28,29). The van der Waals surface area contributed by atoms with Gasteiger partial charge in [0.1, 0.15) is 11.4 Å². The first-order valence-corrected chi connectivity index (χ1v) is 10.1. The van der Waals surface area contributed by atoms with Gasteiger partial charge in [-0.2, -0.15) is 18.3 Å². The van der Waals surface area contributed by atoms with E-state index < -0.39 is 23.0 Å². The number of aromatic amines is 1. The van der Waals surface area contributed by atoms with Crippen LogP contribution in [0, 0.1) is 5.41 Å². The molecule has 31 heavy (non-hydrogen) atoms. The van der Waals surface area contributed by atoms with E-state index in [0.29, 0.717) is 50.0 Å². The number of hydrogen-bond donors (Lipinski definition) is 3. The maximum atomic E-state index is 14.1. The molecule has 2 aliphatic heterocycles. The molecule has 0 bridgehead atoms. The lowest BCUT2D eigenvalue weighted by molar-refractivity contribution is -0.136. The highest BCUT2D eigenvalue weighted by molar-refractivity contribution is 5.90. The number of aromatic nitrogens is 3. The van der Waals surface area contributed by atoms with Crippen molar-refractivity contribution in [2.75, 3.05) is 30.3 Å². The minimum atomic E-state index is -4.66. The van der Waals surface area contributed by atoms with Crippen LogP contribution >= 0.6 is 0 Å². The number of rotatable bonds is 2. The molecule has 0 radical (unpaired) electrons. The van der Waals surface area contributed by atoms with Gasteiger partial charge in [-0.1, -0.05) is 6.07 Å². The number of nitrogen functional groups attached to an aromatic ring is 1. The smallest absolute Gasteiger partial charge is 0.383 e. The summed E-state index contributed by atoms with van der Waals surface area (Å²) in [5, 5.41) is 10.5. The Bertz CT molecular complexity index is 1160. The second-order valence-electron chi connectivity index (χ2n) is 8.22. The van der Waals surface area contributed by atoms with E-state index in [9.17, 15) is 18.0 Å². The number of nitrogens with two attached hydrogens (primary N) is 1. The molecule has 0 unspecified atom stereocenters. The van der Waals surface area contributed by atoms with Crippen molar-refractivity contribution >= 4 is 28.3 Å². The fourth-order valence-electron chi connectivity index (χ4n) is 4.80. The van der Waals surface area contributed by atoms with Crippen LogP contribution in [-0.4, -0.2) is 40.7 Å². The van der Waals surface area contributed by atoms with E-state index in [1.165, 1.54) is 6.20 Å². The molecule has 2 aliphatic rings. The van der Waals surface area contributed by atoms with Crippen molar-refractivity contribution in [3.63, 3.8) is 0 Å². The molecule has 0 aliphatic carbocycles. The number of piperidine rings is 1. The number of alkyl halides is 3. The van der Waals surface area contributed by atoms with Gasteiger partial charge in [-0.15, -0.1) is 0 Å². The van der Waals surface area contributed by atoms with Gasteiger partial charge in [0.05, 0.1) is 22.8 Å². The molecule has 1 amide bonds. The van der Waals surface area contributed by atoms with Gasteiger partial charge in [-0.05, 0) is 37.0 Å². The van der Waals surface area contributed by atoms with Crippen molar-refractivity contribution in [2.24, 2.45) is 5.41 Å². The van der Waals surface area contributed by atoms with Gasteiger partial charge in [0.25, 0.3) is 0 Å². The van der Waals surface area contributed by atoms with Gasteiger partial charge in [0, 0.05) is 36.8 Å². The molecular formula is C21H21F3N6O. The number of H-pyrrole nitrogens is 1. The monoisotopic (exact) mass is 430 g/mol. The summed E-state index contributed by atoms with van der Waals surface area (Å²) >= 11 is 0. The third-order valence-corrected chi connectivity index (χ3v) is 6.52. The summed E-state index contributed by atoms with van der Waals surface area (Å²) in [5.74, 6) is -0.544. The summed E-state index contributed by atoms with van der Waals surface area (Å²) in [6.07, 6.45) is 0.0680. The maximum absolute atomic E-state index is 14.1. The number of halogens is 3. The van der Waals surface area contributed by atoms with Crippen molar-refractivity contribution in [2.45, 2.75) is 25.4 Å². The van der Waals surface area contributed by atoms with Crippen LogP contribution in [0.4, 0.5) is 24.7 Å². The van der Waals surface area contributed by atoms with Gasteiger partial charge >= 0.3 is 6.18 Å². The zero-order valence-electron chi connectivity index (χ0n) is 16.6. The number of anilines is 2. The van der Waals surface area contributed by atoms with Crippen LogP contribution in [0.5, 0.6) is 0 Å². The van der Waals surface area contributed by atoms with Crippen molar-refractivity contribution in [1.29, 1.82) is 0 Å². The number of hydrogen-bond acceptors (Lipinski definition) is 5. The van der Waals surface area contributed by atoms with Gasteiger partial charge in [-0.3, -0.25) is 9.89 Å². The zero-order valence-corrected chi connectivity index (χ0v) is 16.6. The van der Waals surface area contributed by atoms with Crippen molar-refractivity contribution in [3.8, 4) is 11.1 Å². The largest absolute Gasteiger partial charge is 0.421 e. The molecule has 7 nitrogen and oxygen atoms in total. The highest BCUT2D eigenvalue weighted by atomic mass is 19.4. The Hall–Kier alpha value is -3.30. The molecule has 10 heteroatoms. The highest BCUT2D eigenvalue weighted by Crippen LogP contribution is 2.47. The molecule has 2 aromatic heterocycles. The van der Waals surface area contributed by atoms with E-state index in [0.717, 1.165) is 10.9 Å². The number of pyridine rings is 1. The minimum Gasteiger partial charge on any atom is -0.383 e. The van der Waals surface area contributed by atoms with Crippen LogP contribution in [0.1, 0.15) is 24.8 Å². The first kappa shape index (κ1) is 19.7. The van der Waals surface area contributed by atoms with Crippen LogP contribution in [0.2, 0.25) is 0 Å². The predicted octanol–water partition coefficient (Wildman–Crippen LogP) is 3.33. The third-order valence-electron chi connectivity index (χ3n) is 6.52. The van der Waals surface area contributed by atoms with Crippen molar-refractivity contribution in [3.05, 3.63) is 36.2 Å². The van der Waals surface area contributed by atoms with Crippen LogP contribution in [0.25, 0.3) is 22.0 Å². The molecule has 2 fully saturated rings. The molecule has 4 heterocycles. The number of amides is 1. The molecular weight excluding hydrogens is 409 g/mol.